The first-order valence-electron chi connectivity index (χ1n) is 4.15. The number of carbonyl (C=O) groups excluding carboxylic acids is 1. The van der Waals surface area contributed by atoms with Crippen molar-refractivity contribution in [2.75, 3.05) is 6.61 Å². The highest BCUT2D eigenvalue weighted by molar-refractivity contribution is 6.49. The fourth-order valence-electron chi connectivity index (χ4n) is 1.21. The zero-order valence-electron chi connectivity index (χ0n) is 7.29. The second-order valence-corrected chi connectivity index (χ2v) is 3.24. The van der Waals surface area contributed by atoms with Gasteiger partial charge in [-0.05, 0) is 5.56 Å². The normalized spacial score (nSPS) is 18.8. The maximum Gasteiger partial charge on any atom is 0.411 e. The van der Waals surface area contributed by atoms with Crippen LogP contribution >= 0.6 is 11.6 Å². The zero-order chi connectivity index (χ0) is 9.97. The number of nitrogens with one attached hydrogen (secondary N) is 1. The lowest BCUT2D eigenvalue weighted by Gasteiger charge is -2.01. The van der Waals surface area contributed by atoms with Crippen molar-refractivity contribution >= 4 is 22.7 Å². The summed E-state index contributed by atoms with van der Waals surface area (Å²) in [5, 5.41) is 3.06. The van der Waals surface area contributed by atoms with E-state index in [1.807, 2.05) is 30.3 Å². The van der Waals surface area contributed by atoms with Gasteiger partial charge in [0.2, 0.25) is 0 Å². The molecule has 0 aromatic heterocycles. The quantitative estimate of drug-likeness (QED) is 0.771. The summed E-state index contributed by atoms with van der Waals surface area (Å²) in [6.45, 7) is 0.215. The Morgan fingerprint density at radius 2 is 2.07 bits per heavy atom. The molecule has 0 saturated carbocycles. The van der Waals surface area contributed by atoms with Crippen LogP contribution in [-0.4, -0.2) is 12.7 Å². The number of halogens is 1. The smallest absolute Gasteiger partial charge is 0.411 e. The van der Waals surface area contributed by atoms with E-state index >= 15 is 0 Å². The summed E-state index contributed by atoms with van der Waals surface area (Å²) in [5.74, 6) is 0. The lowest BCUT2D eigenvalue weighted by Crippen LogP contribution is -2.11. The van der Waals surface area contributed by atoms with E-state index in [2.05, 4.69) is 5.32 Å². The van der Waals surface area contributed by atoms with Gasteiger partial charge in [-0.3, -0.25) is 5.32 Å². The second kappa shape index (κ2) is 3.72. The van der Waals surface area contributed by atoms with Crippen molar-refractivity contribution in [3.05, 3.63) is 41.6 Å². The Labute approximate surface area is 86.3 Å². The number of rotatable bonds is 1. The molecule has 1 fully saturated rings. The van der Waals surface area contributed by atoms with Crippen LogP contribution in [0.3, 0.4) is 0 Å². The van der Waals surface area contributed by atoms with Crippen LogP contribution in [0, 0.1) is 0 Å². The third kappa shape index (κ3) is 1.72. The van der Waals surface area contributed by atoms with Gasteiger partial charge in [0.15, 0.2) is 0 Å². The summed E-state index contributed by atoms with van der Waals surface area (Å²) in [4.78, 5) is 10.8. The molecule has 72 valence electrons. The minimum absolute atomic E-state index is 0.215. The predicted octanol–water partition coefficient (Wildman–Crippen LogP) is 2.33. The molecule has 1 heterocycles. The molecule has 0 atom stereocenters. The molecule has 1 aliphatic rings. The van der Waals surface area contributed by atoms with Crippen molar-refractivity contribution in [1.29, 1.82) is 0 Å². The van der Waals surface area contributed by atoms with Crippen molar-refractivity contribution in [2.24, 2.45) is 0 Å². The number of amides is 1. The molecule has 4 heteroatoms. The SMILES string of the molecule is O=C1N/C(=C(\Cl)c2ccccc2)CO1. The van der Waals surface area contributed by atoms with Crippen LogP contribution in [0.25, 0.3) is 5.03 Å². The molecule has 14 heavy (non-hydrogen) atoms. The molecule has 0 aliphatic carbocycles. The van der Waals surface area contributed by atoms with Crippen LogP contribution < -0.4 is 5.32 Å². The number of alkyl carbamates (subject to hydrolysis) is 1. The molecule has 3 nitrogen and oxygen atoms in total. The Balaban J connectivity index is 2.31. The Morgan fingerprint density at radius 1 is 1.36 bits per heavy atom. The summed E-state index contributed by atoms with van der Waals surface area (Å²) >= 11 is 6.06. The average Bonchev–Trinajstić information content (AvgIpc) is 2.65. The highest BCUT2D eigenvalue weighted by Crippen LogP contribution is 2.23. The van der Waals surface area contributed by atoms with Gasteiger partial charge in [-0.2, -0.15) is 0 Å². The Kier molecular flexibility index (Phi) is 2.41. The third-order valence-corrected chi connectivity index (χ3v) is 2.34. The number of ether oxygens (including phenoxy) is 1. The molecule has 2 rings (SSSR count). The fourth-order valence-corrected chi connectivity index (χ4v) is 1.44. The highest BCUT2D eigenvalue weighted by Gasteiger charge is 2.19. The van der Waals surface area contributed by atoms with Gasteiger partial charge >= 0.3 is 6.09 Å². The molecule has 0 unspecified atom stereocenters. The molecule has 0 spiro atoms. The maximum absolute atomic E-state index is 10.8. The first-order valence-corrected chi connectivity index (χ1v) is 4.53. The van der Waals surface area contributed by atoms with Crippen molar-refractivity contribution in [3.8, 4) is 0 Å². The van der Waals surface area contributed by atoms with E-state index < -0.39 is 6.09 Å². The lowest BCUT2D eigenvalue weighted by atomic mass is 10.2. The molecule has 1 N–H and O–H groups in total. The van der Waals surface area contributed by atoms with Crippen LogP contribution in [0.15, 0.2) is 36.0 Å². The molecular weight excluding hydrogens is 202 g/mol. The van der Waals surface area contributed by atoms with Crippen LogP contribution in [0.1, 0.15) is 5.56 Å². The van der Waals surface area contributed by atoms with Crippen LogP contribution in [0.2, 0.25) is 0 Å². The van der Waals surface area contributed by atoms with Gasteiger partial charge < -0.3 is 4.74 Å². The molecule has 1 aliphatic heterocycles. The summed E-state index contributed by atoms with van der Waals surface area (Å²) in [6.07, 6.45) is -0.450. The fraction of sp³-hybridized carbons (Fsp3) is 0.100. The van der Waals surface area contributed by atoms with Gasteiger partial charge in [-0.25, -0.2) is 4.79 Å². The van der Waals surface area contributed by atoms with Gasteiger partial charge in [0.25, 0.3) is 0 Å². The van der Waals surface area contributed by atoms with Gasteiger partial charge in [0.05, 0.1) is 10.7 Å². The van der Waals surface area contributed by atoms with Gasteiger partial charge in [-0.1, -0.05) is 41.9 Å². The molecule has 1 aromatic carbocycles. The number of benzene rings is 1. The summed E-state index contributed by atoms with van der Waals surface area (Å²) in [7, 11) is 0. The third-order valence-electron chi connectivity index (χ3n) is 1.89. The second-order valence-electron chi connectivity index (χ2n) is 2.86. The first kappa shape index (κ1) is 9.09. The Morgan fingerprint density at radius 3 is 2.64 bits per heavy atom. The minimum Gasteiger partial charge on any atom is -0.443 e. The largest absolute Gasteiger partial charge is 0.443 e. The van der Waals surface area contributed by atoms with Crippen LogP contribution in [0.5, 0.6) is 0 Å². The molecule has 1 amide bonds. The zero-order valence-corrected chi connectivity index (χ0v) is 8.04. The molecular formula is C10H8ClNO2. The molecule has 1 saturated heterocycles. The van der Waals surface area contributed by atoms with E-state index in [0.29, 0.717) is 10.7 Å². The Bertz CT molecular complexity index is 386. The highest BCUT2D eigenvalue weighted by atomic mass is 35.5. The van der Waals surface area contributed by atoms with E-state index in [1.165, 1.54) is 0 Å². The van der Waals surface area contributed by atoms with Crippen LogP contribution in [-0.2, 0) is 4.74 Å². The van der Waals surface area contributed by atoms with Crippen molar-refractivity contribution in [2.45, 2.75) is 0 Å². The molecule has 0 bridgehead atoms. The number of carbonyl (C=O) groups is 1. The van der Waals surface area contributed by atoms with E-state index in [4.69, 9.17) is 16.3 Å². The summed E-state index contributed by atoms with van der Waals surface area (Å²) in [6, 6.07) is 9.42. The predicted molar refractivity (Wildman–Crippen MR) is 53.7 cm³/mol. The maximum atomic E-state index is 10.8. The first-order chi connectivity index (χ1) is 6.77. The van der Waals surface area contributed by atoms with E-state index in [0.717, 1.165) is 5.56 Å². The summed E-state index contributed by atoms with van der Waals surface area (Å²) in [5.41, 5.74) is 1.48. The van der Waals surface area contributed by atoms with E-state index in [9.17, 15) is 4.79 Å². The van der Waals surface area contributed by atoms with Crippen molar-refractivity contribution < 1.29 is 9.53 Å². The average molecular weight is 210 g/mol. The van der Waals surface area contributed by atoms with Gasteiger partial charge in [-0.15, -0.1) is 0 Å². The number of hydrogen-bond donors (Lipinski definition) is 1. The van der Waals surface area contributed by atoms with E-state index in [-0.39, 0.29) is 6.61 Å². The number of hydrogen-bond acceptors (Lipinski definition) is 2. The van der Waals surface area contributed by atoms with Crippen LogP contribution in [0.4, 0.5) is 4.79 Å². The van der Waals surface area contributed by atoms with Gasteiger partial charge in [0.1, 0.15) is 6.61 Å². The summed E-state index contributed by atoms with van der Waals surface area (Å²) < 4.78 is 4.72. The molecule has 0 radical (unpaired) electrons. The number of cyclic esters (lactones) is 1. The Hall–Kier alpha value is -1.48. The van der Waals surface area contributed by atoms with Crippen molar-refractivity contribution in [1.82, 2.24) is 5.32 Å². The topological polar surface area (TPSA) is 38.3 Å². The standard InChI is InChI=1S/C10H8ClNO2/c11-9(7-4-2-1-3-5-7)8-6-14-10(13)12-8/h1-5H,6H2,(H,12,13)/b9-8-. The monoisotopic (exact) mass is 209 g/mol. The lowest BCUT2D eigenvalue weighted by molar-refractivity contribution is 0.179. The van der Waals surface area contributed by atoms with Gasteiger partial charge in [0, 0.05) is 0 Å². The molecule has 1 aromatic rings. The van der Waals surface area contributed by atoms with E-state index in [1.54, 1.807) is 0 Å². The minimum atomic E-state index is -0.450. The van der Waals surface area contributed by atoms with Crippen molar-refractivity contribution in [3.63, 3.8) is 0 Å².